The Balaban J connectivity index is 1.71. The van der Waals surface area contributed by atoms with Crippen LogP contribution in [0.1, 0.15) is 22.3 Å². The number of ketones is 1. The molecular formula is C19H17NO5. The predicted molar refractivity (Wildman–Crippen MR) is 89.6 cm³/mol. The molecule has 128 valence electrons. The summed E-state index contributed by atoms with van der Waals surface area (Å²) in [5, 5.41) is 8.91. The highest BCUT2D eigenvalue weighted by Crippen LogP contribution is 2.31. The lowest BCUT2D eigenvalue weighted by atomic mass is 10.1. The Bertz CT molecular complexity index is 825. The lowest BCUT2D eigenvalue weighted by Crippen LogP contribution is -2.12. The second-order valence-electron chi connectivity index (χ2n) is 5.40. The molecule has 0 saturated heterocycles. The predicted octanol–water partition coefficient (Wildman–Crippen LogP) is 2.99. The van der Waals surface area contributed by atoms with Gasteiger partial charge in [-0.15, -0.1) is 0 Å². The van der Waals surface area contributed by atoms with E-state index in [-0.39, 0.29) is 12.4 Å². The van der Waals surface area contributed by atoms with Crippen LogP contribution in [0, 0.1) is 11.3 Å². The van der Waals surface area contributed by atoms with Gasteiger partial charge in [0.1, 0.15) is 0 Å². The maximum Gasteiger partial charge on any atom is 0.200 e. The van der Waals surface area contributed by atoms with Crippen molar-refractivity contribution in [3.05, 3.63) is 47.5 Å². The molecule has 1 heterocycles. The van der Waals surface area contributed by atoms with Crippen LogP contribution in [0.4, 0.5) is 0 Å². The summed E-state index contributed by atoms with van der Waals surface area (Å²) in [5.74, 6) is 1.83. The molecular weight excluding hydrogens is 322 g/mol. The van der Waals surface area contributed by atoms with Crippen LogP contribution < -0.4 is 18.9 Å². The minimum absolute atomic E-state index is 0.151. The standard InChI is InChI=1S/C19H17NO5/c1-22-18-9-13(11-20)3-5-16(18)25-12-15(21)14-4-6-17-19(10-14)24-8-2-7-23-17/h3-6,9-10H,2,7-8,12H2,1H3. The van der Waals surface area contributed by atoms with Crippen LogP contribution in [0.3, 0.4) is 0 Å². The van der Waals surface area contributed by atoms with Crippen molar-refractivity contribution in [3.8, 4) is 29.1 Å². The third-order valence-corrected chi connectivity index (χ3v) is 3.72. The summed E-state index contributed by atoms with van der Waals surface area (Å²) in [5.41, 5.74) is 0.940. The highest BCUT2D eigenvalue weighted by molar-refractivity contribution is 5.97. The van der Waals surface area contributed by atoms with Crippen LogP contribution in [-0.2, 0) is 0 Å². The van der Waals surface area contributed by atoms with Crippen LogP contribution in [-0.4, -0.2) is 32.7 Å². The fourth-order valence-corrected chi connectivity index (χ4v) is 2.42. The molecule has 0 fully saturated rings. The average molecular weight is 339 g/mol. The monoisotopic (exact) mass is 339 g/mol. The fraction of sp³-hybridized carbons (Fsp3) is 0.263. The number of carbonyl (C=O) groups is 1. The number of hydrogen-bond donors (Lipinski definition) is 0. The molecule has 6 nitrogen and oxygen atoms in total. The summed E-state index contributed by atoms with van der Waals surface area (Å²) < 4.78 is 21.9. The molecule has 2 aromatic carbocycles. The first-order chi connectivity index (χ1) is 12.2. The van der Waals surface area contributed by atoms with Crippen molar-refractivity contribution in [3.63, 3.8) is 0 Å². The average Bonchev–Trinajstić information content (AvgIpc) is 2.90. The number of rotatable bonds is 5. The molecule has 0 saturated carbocycles. The molecule has 1 aliphatic heterocycles. The zero-order chi connectivity index (χ0) is 17.6. The van der Waals surface area contributed by atoms with Gasteiger partial charge in [0.15, 0.2) is 35.4 Å². The topological polar surface area (TPSA) is 77.8 Å². The highest BCUT2D eigenvalue weighted by Gasteiger charge is 2.15. The second kappa shape index (κ2) is 7.58. The van der Waals surface area contributed by atoms with Gasteiger partial charge in [-0.2, -0.15) is 5.26 Å². The Labute approximate surface area is 145 Å². The van der Waals surface area contributed by atoms with Crippen molar-refractivity contribution in [2.45, 2.75) is 6.42 Å². The SMILES string of the molecule is COc1cc(C#N)ccc1OCC(=O)c1ccc2c(c1)OCCCO2. The van der Waals surface area contributed by atoms with Crippen molar-refractivity contribution in [2.24, 2.45) is 0 Å². The van der Waals surface area contributed by atoms with Gasteiger partial charge in [-0.3, -0.25) is 4.79 Å². The molecule has 25 heavy (non-hydrogen) atoms. The largest absolute Gasteiger partial charge is 0.493 e. The first-order valence-electron chi connectivity index (χ1n) is 7.85. The summed E-state index contributed by atoms with van der Waals surface area (Å²) in [6, 6.07) is 11.9. The maximum absolute atomic E-state index is 12.4. The van der Waals surface area contributed by atoms with Gasteiger partial charge in [0, 0.05) is 18.1 Å². The van der Waals surface area contributed by atoms with Crippen molar-refractivity contribution in [1.82, 2.24) is 0 Å². The number of fused-ring (bicyclic) bond motifs is 1. The van der Waals surface area contributed by atoms with E-state index in [0.29, 0.717) is 47.3 Å². The molecule has 0 unspecified atom stereocenters. The molecule has 0 N–H and O–H groups in total. The zero-order valence-corrected chi connectivity index (χ0v) is 13.8. The summed E-state index contributed by atoms with van der Waals surface area (Å²) in [6.07, 6.45) is 0.805. The van der Waals surface area contributed by atoms with Gasteiger partial charge in [-0.1, -0.05) is 0 Å². The Morgan fingerprint density at radius 1 is 1.12 bits per heavy atom. The molecule has 3 rings (SSSR count). The molecule has 2 aromatic rings. The first kappa shape index (κ1) is 16.7. The molecule has 0 aromatic heterocycles. The Kier molecular flexibility index (Phi) is 5.05. The molecule has 0 bridgehead atoms. The number of nitriles is 1. The van der Waals surface area contributed by atoms with E-state index >= 15 is 0 Å². The number of nitrogens with zero attached hydrogens (tertiary/aromatic N) is 1. The zero-order valence-electron chi connectivity index (χ0n) is 13.8. The van der Waals surface area contributed by atoms with Gasteiger partial charge in [0.2, 0.25) is 0 Å². The number of Topliss-reactive ketones (excluding diaryl/α,β-unsaturated/α-hetero) is 1. The smallest absolute Gasteiger partial charge is 0.200 e. The minimum Gasteiger partial charge on any atom is -0.493 e. The third kappa shape index (κ3) is 3.83. The van der Waals surface area contributed by atoms with Crippen molar-refractivity contribution >= 4 is 5.78 Å². The molecule has 0 aliphatic carbocycles. The molecule has 0 radical (unpaired) electrons. The summed E-state index contributed by atoms with van der Waals surface area (Å²) in [7, 11) is 1.48. The Morgan fingerprint density at radius 2 is 1.92 bits per heavy atom. The van der Waals surface area contributed by atoms with E-state index in [4.69, 9.17) is 24.2 Å². The van der Waals surface area contributed by atoms with Crippen LogP contribution >= 0.6 is 0 Å². The van der Waals surface area contributed by atoms with Crippen LogP contribution in [0.25, 0.3) is 0 Å². The normalized spacial score (nSPS) is 12.6. The van der Waals surface area contributed by atoms with E-state index in [0.717, 1.165) is 6.42 Å². The Hall–Kier alpha value is -3.20. The van der Waals surface area contributed by atoms with Gasteiger partial charge >= 0.3 is 0 Å². The van der Waals surface area contributed by atoms with Crippen molar-refractivity contribution in [1.29, 1.82) is 5.26 Å². The lowest BCUT2D eigenvalue weighted by molar-refractivity contribution is 0.0919. The van der Waals surface area contributed by atoms with Crippen LogP contribution in [0.2, 0.25) is 0 Å². The molecule has 0 spiro atoms. The third-order valence-electron chi connectivity index (χ3n) is 3.72. The van der Waals surface area contributed by atoms with Gasteiger partial charge in [-0.25, -0.2) is 0 Å². The van der Waals surface area contributed by atoms with E-state index in [9.17, 15) is 4.79 Å². The Morgan fingerprint density at radius 3 is 2.68 bits per heavy atom. The van der Waals surface area contributed by atoms with Gasteiger partial charge in [0.05, 0.1) is 32.0 Å². The lowest BCUT2D eigenvalue weighted by Gasteiger charge is -2.11. The van der Waals surface area contributed by atoms with Crippen molar-refractivity contribution < 1.29 is 23.7 Å². The maximum atomic E-state index is 12.4. The fourth-order valence-electron chi connectivity index (χ4n) is 2.42. The molecule has 6 heteroatoms. The van der Waals surface area contributed by atoms with E-state index < -0.39 is 0 Å². The van der Waals surface area contributed by atoms with E-state index in [1.807, 2.05) is 6.07 Å². The molecule has 0 atom stereocenters. The van der Waals surface area contributed by atoms with Crippen LogP contribution in [0.15, 0.2) is 36.4 Å². The minimum atomic E-state index is -0.193. The summed E-state index contributed by atoms with van der Waals surface area (Å²) in [6.45, 7) is 1.01. The van der Waals surface area contributed by atoms with Crippen LogP contribution in [0.5, 0.6) is 23.0 Å². The number of methoxy groups -OCH3 is 1. The second-order valence-corrected chi connectivity index (χ2v) is 5.40. The quantitative estimate of drug-likeness (QED) is 0.779. The van der Waals surface area contributed by atoms with Gasteiger partial charge in [-0.05, 0) is 30.3 Å². The number of ether oxygens (including phenoxy) is 4. The number of hydrogen-bond acceptors (Lipinski definition) is 6. The van der Waals surface area contributed by atoms with Gasteiger partial charge < -0.3 is 18.9 Å². The number of carbonyl (C=O) groups excluding carboxylic acids is 1. The van der Waals surface area contributed by atoms with E-state index in [2.05, 4.69) is 0 Å². The van der Waals surface area contributed by atoms with E-state index in [1.165, 1.54) is 7.11 Å². The first-order valence-corrected chi connectivity index (χ1v) is 7.85. The number of benzene rings is 2. The van der Waals surface area contributed by atoms with E-state index in [1.54, 1.807) is 36.4 Å². The van der Waals surface area contributed by atoms with Crippen molar-refractivity contribution in [2.75, 3.05) is 26.9 Å². The molecule has 0 amide bonds. The summed E-state index contributed by atoms with van der Waals surface area (Å²) >= 11 is 0. The molecule has 1 aliphatic rings. The summed E-state index contributed by atoms with van der Waals surface area (Å²) in [4.78, 5) is 12.4. The van der Waals surface area contributed by atoms with Gasteiger partial charge in [0.25, 0.3) is 0 Å². The highest BCUT2D eigenvalue weighted by atomic mass is 16.5.